The number of imide groups is 1. The molecule has 0 radical (unpaired) electrons. The van der Waals surface area contributed by atoms with Gasteiger partial charge >= 0.3 is 0 Å². The van der Waals surface area contributed by atoms with E-state index in [-0.39, 0.29) is 11.8 Å². The van der Waals surface area contributed by atoms with Gasteiger partial charge in [0.05, 0.1) is 16.6 Å². The Morgan fingerprint density at radius 3 is 2.44 bits per heavy atom. The molecule has 0 atom stereocenters. The zero-order valence-corrected chi connectivity index (χ0v) is 14.0. The lowest BCUT2D eigenvalue weighted by atomic mass is 10.1. The van der Waals surface area contributed by atoms with Gasteiger partial charge < -0.3 is 5.32 Å². The number of fused-ring (bicyclic) bond motifs is 2. The van der Waals surface area contributed by atoms with Gasteiger partial charge in [0.1, 0.15) is 0 Å². The fourth-order valence-corrected chi connectivity index (χ4v) is 3.19. The molecule has 0 spiro atoms. The Morgan fingerprint density at radius 2 is 1.72 bits per heavy atom. The second-order valence-corrected chi connectivity index (χ2v) is 6.19. The van der Waals surface area contributed by atoms with Gasteiger partial charge in [-0.05, 0) is 36.4 Å². The van der Waals surface area contributed by atoms with Crippen molar-refractivity contribution in [2.24, 2.45) is 0 Å². The average molecular weight is 352 g/mol. The van der Waals surface area contributed by atoms with Crippen LogP contribution < -0.4 is 5.32 Å². The Bertz CT molecular complexity index is 968. The lowest BCUT2D eigenvalue weighted by Gasteiger charge is -2.15. The summed E-state index contributed by atoms with van der Waals surface area (Å²) in [7, 11) is 0. The summed E-state index contributed by atoms with van der Waals surface area (Å²) in [6, 6.07) is 14.3. The van der Waals surface area contributed by atoms with E-state index in [1.807, 2.05) is 12.1 Å². The molecule has 3 aromatic rings. The lowest BCUT2D eigenvalue weighted by molar-refractivity contribution is 0.0660. The van der Waals surface area contributed by atoms with E-state index in [4.69, 9.17) is 11.6 Å². The maximum atomic E-state index is 12.4. The van der Waals surface area contributed by atoms with Crippen molar-refractivity contribution in [3.8, 4) is 0 Å². The molecular weight excluding hydrogens is 338 g/mol. The van der Waals surface area contributed by atoms with Crippen LogP contribution in [-0.4, -0.2) is 34.8 Å². The van der Waals surface area contributed by atoms with Gasteiger partial charge in [-0.25, -0.2) is 0 Å². The second-order valence-electron chi connectivity index (χ2n) is 5.75. The van der Waals surface area contributed by atoms with Crippen molar-refractivity contribution in [2.45, 2.75) is 0 Å². The number of pyridine rings is 1. The predicted molar refractivity (Wildman–Crippen MR) is 97.1 cm³/mol. The van der Waals surface area contributed by atoms with Crippen molar-refractivity contribution in [2.75, 3.05) is 18.4 Å². The third-order valence-corrected chi connectivity index (χ3v) is 4.47. The number of amides is 2. The van der Waals surface area contributed by atoms with Crippen molar-refractivity contribution >= 4 is 40.0 Å². The van der Waals surface area contributed by atoms with E-state index in [0.717, 1.165) is 16.6 Å². The number of hydrogen-bond acceptors (Lipinski definition) is 4. The Labute approximate surface area is 149 Å². The molecule has 0 saturated carbocycles. The van der Waals surface area contributed by atoms with Crippen LogP contribution in [0.2, 0.25) is 5.02 Å². The van der Waals surface area contributed by atoms with Crippen LogP contribution in [0.15, 0.2) is 54.7 Å². The summed E-state index contributed by atoms with van der Waals surface area (Å²) in [6.45, 7) is 0.747. The van der Waals surface area contributed by atoms with Crippen molar-refractivity contribution in [1.82, 2.24) is 9.88 Å². The summed E-state index contributed by atoms with van der Waals surface area (Å²) in [6.07, 6.45) is 1.70. The molecule has 5 nitrogen and oxygen atoms in total. The molecule has 2 heterocycles. The fraction of sp³-hybridized carbons (Fsp3) is 0.105. The molecular formula is C19H14ClN3O2. The minimum Gasteiger partial charge on any atom is -0.383 e. The van der Waals surface area contributed by atoms with Crippen LogP contribution in [0.3, 0.4) is 0 Å². The number of nitrogens with one attached hydrogen (secondary N) is 1. The number of nitrogens with zero attached hydrogens (tertiary/aromatic N) is 2. The van der Waals surface area contributed by atoms with E-state index in [9.17, 15) is 9.59 Å². The number of anilines is 1. The number of halogens is 1. The monoisotopic (exact) mass is 351 g/mol. The highest BCUT2D eigenvalue weighted by Crippen LogP contribution is 2.25. The molecule has 0 aliphatic carbocycles. The molecule has 25 heavy (non-hydrogen) atoms. The predicted octanol–water partition coefficient (Wildman–Crippen LogP) is 3.60. The molecule has 0 unspecified atom stereocenters. The Kier molecular flexibility index (Phi) is 3.86. The van der Waals surface area contributed by atoms with Gasteiger partial charge in [0.25, 0.3) is 11.8 Å². The van der Waals surface area contributed by atoms with Gasteiger partial charge in [0.15, 0.2) is 0 Å². The molecule has 1 aliphatic heterocycles. The summed E-state index contributed by atoms with van der Waals surface area (Å²) in [5.74, 6) is -0.484. The number of benzene rings is 2. The molecule has 1 N–H and O–H groups in total. The highest BCUT2D eigenvalue weighted by Gasteiger charge is 2.34. The van der Waals surface area contributed by atoms with Gasteiger partial charge in [0.2, 0.25) is 0 Å². The second kappa shape index (κ2) is 6.18. The Balaban J connectivity index is 1.49. The van der Waals surface area contributed by atoms with Gasteiger partial charge in [-0.3, -0.25) is 19.5 Å². The molecule has 0 fully saturated rings. The molecule has 124 valence electrons. The third-order valence-electron chi connectivity index (χ3n) is 4.23. The van der Waals surface area contributed by atoms with Crippen LogP contribution >= 0.6 is 11.6 Å². The van der Waals surface area contributed by atoms with E-state index < -0.39 is 0 Å². The molecule has 1 aromatic heterocycles. The van der Waals surface area contributed by atoms with Gasteiger partial charge in [-0.1, -0.05) is 23.7 Å². The first kappa shape index (κ1) is 15.6. The quantitative estimate of drug-likeness (QED) is 0.729. The fourth-order valence-electron chi connectivity index (χ4n) is 3.02. The standard InChI is InChI=1S/C19H14ClN3O2/c20-12-5-6-15-16(7-8-21-17(15)11-12)22-9-10-23-18(24)13-3-1-2-4-14(13)19(23)25/h1-8,11H,9-10H2,(H,21,22). The number of rotatable bonds is 4. The molecule has 0 bridgehead atoms. The Morgan fingerprint density at radius 1 is 1.00 bits per heavy atom. The number of hydrogen-bond donors (Lipinski definition) is 1. The number of carbonyl (C=O) groups excluding carboxylic acids is 2. The SMILES string of the molecule is O=C1c2ccccc2C(=O)N1CCNc1ccnc2cc(Cl)ccc12. The van der Waals surface area contributed by atoms with Crippen molar-refractivity contribution < 1.29 is 9.59 Å². The van der Waals surface area contributed by atoms with Crippen LogP contribution in [0.4, 0.5) is 5.69 Å². The van der Waals surface area contributed by atoms with Gasteiger partial charge in [-0.2, -0.15) is 0 Å². The number of carbonyl (C=O) groups is 2. The van der Waals surface area contributed by atoms with Gasteiger partial charge in [0, 0.05) is 35.4 Å². The topological polar surface area (TPSA) is 62.3 Å². The van der Waals surface area contributed by atoms with E-state index in [2.05, 4.69) is 10.3 Å². The van der Waals surface area contributed by atoms with Crippen LogP contribution in [0.5, 0.6) is 0 Å². The largest absolute Gasteiger partial charge is 0.383 e. The Hall–Kier alpha value is -2.92. The first-order chi connectivity index (χ1) is 12.1. The van der Waals surface area contributed by atoms with E-state index in [1.165, 1.54) is 4.90 Å². The van der Waals surface area contributed by atoms with Crippen LogP contribution in [0.1, 0.15) is 20.7 Å². The van der Waals surface area contributed by atoms with Crippen LogP contribution in [0, 0.1) is 0 Å². The normalized spacial score (nSPS) is 13.4. The average Bonchev–Trinajstić information content (AvgIpc) is 2.87. The molecule has 2 amide bonds. The third kappa shape index (κ3) is 2.72. The molecule has 1 aliphatic rings. The van der Waals surface area contributed by atoms with Crippen molar-refractivity contribution in [1.29, 1.82) is 0 Å². The molecule has 0 saturated heterocycles. The number of aromatic nitrogens is 1. The zero-order valence-electron chi connectivity index (χ0n) is 13.2. The highest BCUT2D eigenvalue weighted by atomic mass is 35.5. The van der Waals surface area contributed by atoms with E-state index in [1.54, 1.807) is 42.6 Å². The van der Waals surface area contributed by atoms with Crippen LogP contribution in [0.25, 0.3) is 10.9 Å². The summed E-state index contributed by atoms with van der Waals surface area (Å²) >= 11 is 6.00. The van der Waals surface area contributed by atoms with Crippen molar-refractivity contribution in [3.63, 3.8) is 0 Å². The summed E-state index contributed by atoms with van der Waals surface area (Å²) in [4.78, 5) is 30.3. The van der Waals surface area contributed by atoms with Crippen LogP contribution in [-0.2, 0) is 0 Å². The van der Waals surface area contributed by atoms with E-state index >= 15 is 0 Å². The van der Waals surface area contributed by atoms with Crippen molar-refractivity contribution in [3.05, 3.63) is 70.9 Å². The minimum atomic E-state index is -0.242. The highest BCUT2D eigenvalue weighted by molar-refractivity contribution is 6.31. The lowest BCUT2D eigenvalue weighted by Crippen LogP contribution is -2.34. The molecule has 6 heteroatoms. The first-order valence-electron chi connectivity index (χ1n) is 7.88. The summed E-state index contributed by atoms with van der Waals surface area (Å²) in [5, 5.41) is 4.84. The smallest absolute Gasteiger partial charge is 0.261 e. The maximum absolute atomic E-state index is 12.4. The zero-order chi connectivity index (χ0) is 17.4. The molecule has 2 aromatic carbocycles. The molecule has 4 rings (SSSR count). The van der Waals surface area contributed by atoms with Gasteiger partial charge in [-0.15, -0.1) is 0 Å². The van der Waals surface area contributed by atoms with E-state index in [0.29, 0.717) is 29.2 Å². The first-order valence-corrected chi connectivity index (χ1v) is 8.26. The summed E-state index contributed by atoms with van der Waals surface area (Å²) < 4.78 is 0. The minimum absolute atomic E-state index is 0.242. The maximum Gasteiger partial charge on any atom is 0.261 e. The summed E-state index contributed by atoms with van der Waals surface area (Å²) in [5.41, 5.74) is 2.62.